The first-order valence-electron chi connectivity index (χ1n) is 7.27. The molecule has 0 aliphatic carbocycles. The molecule has 0 saturated heterocycles. The number of hydrogen-bond donors (Lipinski definition) is 1. The summed E-state index contributed by atoms with van der Waals surface area (Å²) in [5.74, 6) is 0. The van der Waals surface area contributed by atoms with Gasteiger partial charge < -0.3 is 10.2 Å². The van der Waals surface area contributed by atoms with Crippen LogP contribution in [0.3, 0.4) is 0 Å². The molecule has 4 heteroatoms. The molecule has 0 spiro atoms. The topological polar surface area (TPSA) is 28.2 Å². The smallest absolute Gasteiger partial charge is 0.107 e. The third kappa shape index (κ3) is 4.32. The van der Waals surface area contributed by atoms with Crippen LogP contribution in [0.2, 0.25) is 0 Å². The number of anilines is 1. The summed E-state index contributed by atoms with van der Waals surface area (Å²) >= 11 is 1.75. The quantitative estimate of drug-likeness (QED) is 0.752. The molecule has 3 nitrogen and oxygen atoms in total. The maximum atomic E-state index is 4.71. The summed E-state index contributed by atoms with van der Waals surface area (Å²) in [5.41, 5.74) is 2.42. The first-order chi connectivity index (χ1) is 9.83. The minimum Gasteiger partial charge on any atom is -0.366 e. The minimum absolute atomic E-state index is 0.880. The fourth-order valence-electron chi connectivity index (χ4n) is 2.09. The Bertz CT molecular complexity index is 495. The van der Waals surface area contributed by atoms with Gasteiger partial charge in [-0.3, -0.25) is 0 Å². The number of aromatic nitrogens is 1. The SMILES string of the molecule is CCCNCc1nc(CN(CC)c2ccccc2)cs1. The van der Waals surface area contributed by atoms with Crippen molar-refractivity contribution in [1.29, 1.82) is 0 Å². The van der Waals surface area contributed by atoms with Gasteiger partial charge in [0.25, 0.3) is 0 Å². The Hall–Kier alpha value is -1.39. The van der Waals surface area contributed by atoms with E-state index in [0.717, 1.165) is 38.3 Å². The van der Waals surface area contributed by atoms with Gasteiger partial charge in [0.05, 0.1) is 12.2 Å². The van der Waals surface area contributed by atoms with Gasteiger partial charge in [-0.2, -0.15) is 0 Å². The van der Waals surface area contributed by atoms with Gasteiger partial charge in [0.1, 0.15) is 5.01 Å². The number of nitrogens with zero attached hydrogens (tertiary/aromatic N) is 2. The van der Waals surface area contributed by atoms with Crippen LogP contribution in [0.5, 0.6) is 0 Å². The fraction of sp³-hybridized carbons (Fsp3) is 0.438. The fourth-order valence-corrected chi connectivity index (χ4v) is 2.85. The molecule has 0 radical (unpaired) electrons. The maximum absolute atomic E-state index is 4.71. The highest BCUT2D eigenvalue weighted by Crippen LogP contribution is 2.18. The Morgan fingerprint density at radius 3 is 2.70 bits per heavy atom. The molecule has 1 aromatic carbocycles. The molecule has 1 N–H and O–H groups in total. The van der Waals surface area contributed by atoms with Gasteiger partial charge in [-0.25, -0.2) is 4.98 Å². The van der Waals surface area contributed by atoms with Crippen molar-refractivity contribution in [3.63, 3.8) is 0 Å². The zero-order chi connectivity index (χ0) is 14.2. The summed E-state index contributed by atoms with van der Waals surface area (Å²) in [5, 5.41) is 6.75. The molecular weight excluding hydrogens is 266 g/mol. The molecule has 0 aliphatic heterocycles. The van der Waals surface area contributed by atoms with E-state index in [0.29, 0.717) is 0 Å². The van der Waals surface area contributed by atoms with Gasteiger partial charge in [-0.1, -0.05) is 25.1 Å². The summed E-state index contributed by atoms with van der Waals surface area (Å²) in [6.07, 6.45) is 1.16. The molecule has 1 aromatic heterocycles. The van der Waals surface area contributed by atoms with Gasteiger partial charge >= 0.3 is 0 Å². The lowest BCUT2D eigenvalue weighted by atomic mass is 10.2. The van der Waals surface area contributed by atoms with Crippen molar-refractivity contribution < 1.29 is 0 Å². The molecule has 1 heterocycles. The zero-order valence-corrected chi connectivity index (χ0v) is 13.1. The Morgan fingerprint density at radius 2 is 2.00 bits per heavy atom. The summed E-state index contributed by atoms with van der Waals surface area (Å²) in [6.45, 7) is 8.17. The first kappa shape index (κ1) is 15.0. The highest BCUT2D eigenvalue weighted by molar-refractivity contribution is 7.09. The highest BCUT2D eigenvalue weighted by atomic mass is 32.1. The third-order valence-electron chi connectivity index (χ3n) is 3.16. The molecule has 108 valence electrons. The summed E-state index contributed by atoms with van der Waals surface area (Å²) in [4.78, 5) is 7.06. The van der Waals surface area contributed by atoms with Crippen molar-refractivity contribution in [2.24, 2.45) is 0 Å². The van der Waals surface area contributed by atoms with Crippen molar-refractivity contribution in [3.8, 4) is 0 Å². The highest BCUT2D eigenvalue weighted by Gasteiger charge is 2.08. The van der Waals surface area contributed by atoms with Gasteiger partial charge in [-0.05, 0) is 32.0 Å². The Morgan fingerprint density at radius 1 is 1.20 bits per heavy atom. The van der Waals surface area contributed by atoms with Crippen molar-refractivity contribution >= 4 is 17.0 Å². The predicted molar refractivity (Wildman–Crippen MR) is 87.3 cm³/mol. The molecule has 20 heavy (non-hydrogen) atoms. The molecular formula is C16H23N3S. The van der Waals surface area contributed by atoms with Crippen LogP contribution in [0, 0.1) is 0 Å². The van der Waals surface area contributed by atoms with Crippen LogP contribution in [0.1, 0.15) is 31.0 Å². The number of rotatable bonds is 8. The van der Waals surface area contributed by atoms with Crippen molar-refractivity contribution in [2.45, 2.75) is 33.4 Å². The second-order valence-corrected chi connectivity index (χ2v) is 5.70. The van der Waals surface area contributed by atoms with E-state index in [9.17, 15) is 0 Å². The number of hydrogen-bond acceptors (Lipinski definition) is 4. The standard InChI is InChI=1S/C16H23N3S/c1-3-10-17-11-16-18-14(13-20-16)12-19(4-2)15-8-6-5-7-9-15/h5-9,13,17H,3-4,10-12H2,1-2H3. The lowest BCUT2D eigenvalue weighted by molar-refractivity contribution is 0.670. The van der Waals surface area contributed by atoms with Crippen molar-refractivity contribution in [1.82, 2.24) is 10.3 Å². The van der Waals surface area contributed by atoms with E-state index in [4.69, 9.17) is 4.98 Å². The Labute approximate surface area is 125 Å². The van der Waals surface area contributed by atoms with Crippen LogP contribution < -0.4 is 10.2 Å². The van der Waals surface area contributed by atoms with Gasteiger partial charge in [0, 0.05) is 24.2 Å². The van der Waals surface area contributed by atoms with Crippen LogP contribution in [0.4, 0.5) is 5.69 Å². The lowest BCUT2D eigenvalue weighted by Crippen LogP contribution is -2.22. The molecule has 0 amide bonds. The third-order valence-corrected chi connectivity index (χ3v) is 4.06. The second-order valence-electron chi connectivity index (χ2n) is 4.76. The predicted octanol–water partition coefficient (Wildman–Crippen LogP) is 3.67. The molecule has 2 rings (SSSR count). The van der Waals surface area contributed by atoms with Gasteiger partial charge in [-0.15, -0.1) is 11.3 Å². The average molecular weight is 289 g/mol. The number of benzene rings is 1. The number of nitrogens with one attached hydrogen (secondary N) is 1. The van der Waals surface area contributed by atoms with E-state index in [1.165, 1.54) is 10.7 Å². The summed E-state index contributed by atoms with van der Waals surface area (Å²) < 4.78 is 0. The van der Waals surface area contributed by atoms with E-state index in [2.05, 4.69) is 59.8 Å². The Balaban J connectivity index is 1.94. The van der Waals surface area contributed by atoms with Crippen LogP contribution in [-0.2, 0) is 13.1 Å². The summed E-state index contributed by atoms with van der Waals surface area (Å²) in [7, 11) is 0. The summed E-state index contributed by atoms with van der Waals surface area (Å²) in [6, 6.07) is 10.5. The zero-order valence-electron chi connectivity index (χ0n) is 12.3. The van der Waals surface area contributed by atoms with Crippen molar-refractivity contribution in [3.05, 3.63) is 46.4 Å². The van der Waals surface area contributed by atoms with E-state index in [1.54, 1.807) is 11.3 Å². The first-order valence-corrected chi connectivity index (χ1v) is 8.15. The molecule has 2 aromatic rings. The van der Waals surface area contributed by atoms with E-state index in [1.807, 2.05) is 0 Å². The normalized spacial score (nSPS) is 10.7. The molecule has 0 unspecified atom stereocenters. The largest absolute Gasteiger partial charge is 0.366 e. The molecule has 0 saturated carbocycles. The monoisotopic (exact) mass is 289 g/mol. The molecule has 0 aliphatic rings. The lowest BCUT2D eigenvalue weighted by Gasteiger charge is -2.21. The van der Waals surface area contributed by atoms with Crippen LogP contribution in [0.15, 0.2) is 35.7 Å². The van der Waals surface area contributed by atoms with Crippen molar-refractivity contribution in [2.75, 3.05) is 18.0 Å². The Kier molecular flexibility index (Phi) is 6.02. The number of para-hydroxylation sites is 1. The molecule has 0 atom stereocenters. The second kappa shape index (κ2) is 8.02. The van der Waals surface area contributed by atoms with Crippen LogP contribution in [-0.4, -0.2) is 18.1 Å². The maximum Gasteiger partial charge on any atom is 0.107 e. The van der Waals surface area contributed by atoms with Gasteiger partial charge in [0.15, 0.2) is 0 Å². The molecule has 0 fully saturated rings. The van der Waals surface area contributed by atoms with E-state index in [-0.39, 0.29) is 0 Å². The van der Waals surface area contributed by atoms with E-state index >= 15 is 0 Å². The average Bonchev–Trinajstić information content (AvgIpc) is 2.93. The minimum atomic E-state index is 0.880. The van der Waals surface area contributed by atoms with Crippen LogP contribution in [0.25, 0.3) is 0 Å². The molecule has 0 bridgehead atoms. The van der Waals surface area contributed by atoms with Gasteiger partial charge in [0.2, 0.25) is 0 Å². The van der Waals surface area contributed by atoms with E-state index < -0.39 is 0 Å². The number of thiazole rings is 1. The van der Waals surface area contributed by atoms with Crippen LogP contribution >= 0.6 is 11.3 Å².